The molecule has 1 fully saturated rings. The Kier molecular flexibility index (Phi) is 4.49. The Morgan fingerprint density at radius 2 is 1.95 bits per heavy atom. The predicted molar refractivity (Wildman–Crippen MR) is 81.8 cm³/mol. The summed E-state index contributed by atoms with van der Waals surface area (Å²) in [7, 11) is 0. The molecule has 1 aromatic carbocycles. The molecule has 0 amide bonds. The van der Waals surface area contributed by atoms with Gasteiger partial charge in [0.15, 0.2) is 0 Å². The third-order valence-corrected chi connectivity index (χ3v) is 5.07. The van der Waals surface area contributed by atoms with Crippen LogP contribution in [0.25, 0.3) is 0 Å². The molecule has 0 heterocycles. The van der Waals surface area contributed by atoms with Gasteiger partial charge in [-0.2, -0.15) is 13.2 Å². The second-order valence-corrected chi connectivity index (χ2v) is 7.01. The lowest BCUT2D eigenvalue weighted by molar-refractivity contribution is -0.105. The van der Waals surface area contributed by atoms with Gasteiger partial charge in [0, 0.05) is 4.90 Å². The van der Waals surface area contributed by atoms with E-state index in [9.17, 15) is 13.2 Å². The van der Waals surface area contributed by atoms with Crippen LogP contribution in [0.1, 0.15) is 24.0 Å². The van der Waals surface area contributed by atoms with Gasteiger partial charge in [-0.1, -0.05) is 6.07 Å². The van der Waals surface area contributed by atoms with Gasteiger partial charge >= 0.3 is 6.18 Å². The molecule has 1 aliphatic rings. The zero-order chi connectivity index (χ0) is 15.8. The van der Waals surface area contributed by atoms with Gasteiger partial charge in [-0.05, 0) is 43.9 Å². The van der Waals surface area contributed by atoms with Crippen LogP contribution in [0.15, 0.2) is 22.0 Å². The van der Waals surface area contributed by atoms with Gasteiger partial charge in [0.05, 0.1) is 11.4 Å². The highest BCUT2D eigenvalue weighted by Gasteiger charge is 2.44. The Bertz CT molecular complexity index is 580. The van der Waals surface area contributed by atoms with E-state index in [4.69, 9.17) is 17.3 Å². The molecule has 21 heavy (non-hydrogen) atoms. The second kappa shape index (κ2) is 5.72. The average Bonchev–Trinajstić information content (AvgIpc) is 3.09. The molecule has 1 saturated carbocycles. The first-order valence-corrected chi connectivity index (χ1v) is 7.81. The Morgan fingerprint density at radius 1 is 1.33 bits per heavy atom. The molecule has 1 aromatic rings. The number of amidine groups is 1. The molecular formula is C14H16ClF3N2S. The third kappa shape index (κ3) is 4.30. The van der Waals surface area contributed by atoms with Gasteiger partial charge in [0.2, 0.25) is 0 Å². The highest BCUT2D eigenvalue weighted by Crippen LogP contribution is 2.43. The number of rotatable bonds is 4. The summed E-state index contributed by atoms with van der Waals surface area (Å²) in [6.45, 7) is 3.64. The fourth-order valence-electron chi connectivity index (χ4n) is 1.85. The minimum absolute atomic E-state index is 0.336. The molecule has 0 aromatic heterocycles. The van der Waals surface area contributed by atoms with E-state index in [1.807, 2.05) is 13.0 Å². The van der Waals surface area contributed by atoms with Gasteiger partial charge in [0.1, 0.15) is 10.7 Å². The zero-order valence-electron chi connectivity index (χ0n) is 11.7. The number of halogens is 4. The lowest BCUT2D eigenvalue weighted by Gasteiger charge is -2.12. The van der Waals surface area contributed by atoms with Crippen molar-refractivity contribution in [2.24, 2.45) is 10.7 Å². The molecule has 2 nitrogen and oxygen atoms in total. The molecule has 0 bridgehead atoms. The molecule has 116 valence electrons. The van der Waals surface area contributed by atoms with E-state index >= 15 is 0 Å². The fraction of sp³-hybridized carbons (Fsp3) is 0.500. The van der Waals surface area contributed by atoms with Crippen molar-refractivity contribution in [3.63, 3.8) is 0 Å². The quantitative estimate of drug-likeness (QED) is 0.374. The van der Waals surface area contributed by atoms with Crippen molar-refractivity contribution in [3.05, 3.63) is 23.3 Å². The first-order chi connectivity index (χ1) is 9.61. The van der Waals surface area contributed by atoms with Gasteiger partial charge in [0.25, 0.3) is 0 Å². The molecule has 2 rings (SSSR count). The Hall–Kier alpha value is -0.880. The molecule has 0 spiro atoms. The second-order valence-electron chi connectivity index (χ2n) is 5.27. The minimum atomic E-state index is -4.20. The molecule has 1 aliphatic carbocycles. The summed E-state index contributed by atoms with van der Waals surface area (Å²) in [5, 5.41) is 0. The number of thioether (sulfide) groups is 1. The molecule has 0 unspecified atom stereocenters. The van der Waals surface area contributed by atoms with E-state index in [0.717, 1.165) is 35.7 Å². The topological polar surface area (TPSA) is 38.4 Å². The largest absolute Gasteiger partial charge is 0.398 e. The zero-order valence-corrected chi connectivity index (χ0v) is 13.3. The highest BCUT2D eigenvalue weighted by atomic mass is 35.5. The molecular weight excluding hydrogens is 321 g/mol. The van der Waals surface area contributed by atoms with E-state index in [2.05, 4.69) is 4.99 Å². The maximum atomic E-state index is 12.3. The summed E-state index contributed by atoms with van der Waals surface area (Å²) in [6, 6.07) is 3.47. The van der Waals surface area contributed by atoms with Crippen LogP contribution in [0.2, 0.25) is 0 Å². The van der Waals surface area contributed by atoms with E-state index in [0.29, 0.717) is 16.4 Å². The average molecular weight is 337 g/mol. The first-order valence-electron chi connectivity index (χ1n) is 6.45. The fourth-order valence-corrected chi connectivity index (χ4v) is 2.79. The number of nitrogens with zero attached hydrogens (tertiary/aromatic N) is 1. The summed E-state index contributed by atoms with van der Waals surface area (Å²) in [5.41, 5.74) is 8.12. The SMILES string of the molecule is Cc1cc(C)c(SCC(F)(F)F)cc1N=C(N)C1(Cl)CC1. The Morgan fingerprint density at radius 3 is 2.48 bits per heavy atom. The lowest BCUT2D eigenvalue weighted by atomic mass is 10.1. The number of hydrogen-bond acceptors (Lipinski definition) is 2. The van der Waals surface area contributed by atoms with E-state index in [-0.39, 0.29) is 0 Å². The molecule has 0 saturated heterocycles. The van der Waals surface area contributed by atoms with Gasteiger partial charge in [-0.3, -0.25) is 0 Å². The van der Waals surface area contributed by atoms with Crippen molar-refractivity contribution >= 4 is 34.9 Å². The smallest absolute Gasteiger partial charge is 0.386 e. The van der Waals surface area contributed by atoms with Crippen molar-refractivity contribution in [3.8, 4) is 0 Å². The predicted octanol–water partition coefficient (Wildman–Crippen LogP) is 4.72. The number of aryl methyl sites for hydroxylation is 2. The van der Waals surface area contributed by atoms with Crippen LogP contribution in [0, 0.1) is 13.8 Å². The monoisotopic (exact) mass is 336 g/mol. The summed E-state index contributed by atoms with van der Waals surface area (Å²) >= 11 is 6.94. The molecule has 2 N–H and O–H groups in total. The standard InChI is InChI=1S/C14H16ClF3N2S/c1-8-5-9(2)11(21-7-14(16,17)18)6-10(8)20-12(19)13(15)3-4-13/h5-6H,3-4,7H2,1-2H3,(H2,19,20). The van der Waals surface area contributed by atoms with Crippen molar-refractivity contribution in [2.75, 3.05) is 5.75 Å². The first kappa shape index (κ1) is 16.5. The number of benzene rings is 1. The number of nitrogens with two attached hydrogens (primary N) is 1. The molecule has 7 heteroatoms. The van der Waals surface area contributed by atoms with E-state index in [1.165, 1.54) is 0 Å². The van der Waals surface area contributed by atoms with Crippen LogP contribution in [-0.4, -0.2) is 22.6 Å². The van der Waals surface area contributed by atoms with E-state index < -0.39 is 16.8 Å². The maximum Gasteiger partial charge on any atom is 0.398 e. The van der Waals surface area contributed by atoms with Crippen molar-refractivity contribution in [1.82, 2.24) is 0 Å². The minimum Gasteiger partial charge on any atom is -0.386 e. The molecule has 0 radical (unpaired) electrons. The van der Waals surface area contributed by atoms with Gasteiger partial charge in [-0.25, -0.2) is 4.99 Å². The van der Waals surface area contributed by atoms with Crippen LogP contribution in [-0.2, 0) is 0 Å². The Labute approximate surface area is 131 Å². The van der Waals surface area contributed by atoms with Crippen LogP contribution < -0.4 is 5.73 Å². The van der Waals surface area contributed by atoms with Crippen LogP contribution in [0.3, 0.4) is 0 Å². The summed E-state index contributed by atoms with van der Waals surface area (Å²) in [6.07, 6.45) is -2.63. The normalized spacial score (nSPS) is 17.9. The van der Waals surface area contributed by atoms with Crippen molar-refractivity contribution in [1.29, 1.82) is 0 Å². The summed E-state index contributed by atoms with van der Waals surface area (Å²) < 4.78 is 37.0. The van der Waals surface area contributed by atoms with Crippen LogP contribution >= 0.6 is 23.4 Å². The summed E-state index contributed by atoms with van der Waals surface area (Å²) in [5.74, 6) is -0.586. The summed E-state index contributed by atoms with van der Waals surface area (Å²) in [4.78, 5) is 4.31. The third-order valence-electron chi connectivity index (χ3n) is 3.27. The van der Waals surface area contributed by atoms with Gasteiger partial charge < -0.3 is 5.73 Å². The lowest BCUT2D eigenvalue weighted by Crippen LogP contribution is -2.25. The molecule has 0 atom stereocenters. The van der Waals surface area contributed by atoms with Crippen molar-refractivity contribution < 1.29 is 13.2 Å². The Balaban J connectivity index is 2.26. The van der Waals surface area contributed by atoms with Gasteiger partial charge in [-0.15, -0.1) is 23.4 Å². The van der Waals surface area contributed by atoms with Crippen LogP contribution in [0.4, 0.5) is 18.9 Å². The van der Waals surface area contributed by atoms with Crippen LogP contribution in [0.5, 0.6) is 0 Å². The maximum absolute atomic E-state index is 12.3. The number of aliphatic imine (C=N–C) groups is 1. The number of alkyl halides is 4. The molecule has 0 aliphatic heterocycles. The highest BCUT2D eigenvalue weighted by molar-refractivity contribution is 7.99. The van der Waals surface area contributed by atoms with Crippen molar-refractivity contribution in [2.45, 2.75) is 42.6 Å². The van der Waals surface area contributed by atoms with E-state index in [1.54, 1.807) is 13.0 Å². The number of hydrogen-bond donors (Lipinski definition) is 1.